The fourth-order valence-electron chi connectivity index (χ4n) is 3.70. The van der Waals surface area contributed by atoms with Crippen LogP contribution in [0, 0.1) is 0 Å². The first-order chi connectivity index (χ1) is 15.9. The number of hydrogen-bond acceptors (Lipinski definition) is 7. The van der Waals surface area contributed by atoms with Crippen molar-refractivity contribution < 1.29 is 14.3 Å². The lowest BCUT2D eigenvalue weighted by Gasteiger charge is -2.25. The Labute approximate surface area is 195 Å². The number of ether oxygens (including phenoxy) is 2. The highest BCUT2D eigenvalue weighted by Gasteiger charge is 2.33. The molecule has 0 bridgehead atoms. The highest BCUT2D eigenvalue weighted by atomic mass is 32.1. The number of thiazole rings is 1. The lowest BCUT2D eigenvalue weighted by Crippen LogP contribution is -2.39. The zero-order valence-corrected chi connectivity index (χ0v) is 19.8. The van der Waals surface area contributed by atoms with Crippen molar-refractivity contribution in [1.82, 2.24) is 9.55 Å². The van der Waals surface area contributed by atoms with Gasteiger partial charge >= 0.3 is 5.97 Å². The Morgan fingerprint density at radius 3 is 2.61 bits per heavy atom. The van der Waals surface area contributed by atoms with E-state index in [1.54, 1.807) is 30.7 Å². The molecule has 1 unspecified atom stereocenters. The average molecular weight is 464 g/mol. The Morgan fingerprint density at radius 1 is 1.21 bits per heavy atom. The van der Waals surface area contributed by atoms with Gasteiger partial charge in [0.1, 0.15) is 5.75 Å². The number of nitrogens with zero attached hydrogens (tertiary/aromatic N) is 3. The van der Waals surface area contributed by atoms with Crippen molar-refractivity contribution >= 4 is 23.4 Å². The van der Waals surface area contributed by atoms with E-state index in [1.165, 1.54) is 11.3 Å². The molecule has 8 heteroatoms. The number of carbonyl (C=O) groups excluding carboxylic acids is 1. The maximum absolute atomic E-state index is 13.5. The Hall–Kier alpha value is -3.52. The average Bonchev–Trinajstić information content (AvgIpc) is 3.08. The van der Waals surface area contributed by atoms with Gasteiger partial charge in [0, 0.05) is 6.20 Å². The highest BCUT2D eigenvalue weighted by Crippen LogP contribution is 2.31. The van der Waals surface area contributed by atoms with Gasteiger partial charge in [-0.3, -0.25) is 14.3 Å². The second-order valence-corrected chi connectivity index (χ2v) is 8.80. The van der Waals surface area contributed by atoms with Crippen molar-refractivity contribution in [3.05, 3.63) is 90.9 Å². The second kappa shape index (κ2) is 9.54. The van der Waals surface area contributed by atoms with E-state index in [0.29, 0.717) is 26.3 Å². The van der Waals surface area contributed by atoms with Crippen LogP contribution in [0.25, 0.3) is 6.08 Å². The molecule has 0 spiro atoms. The minimum atomic E-state index is -0.653. The normalized spacial score (nSPS) is 15.9. The standard InChI is InChI=1S/C25H25N3O4S/c1-5-31-24(30)21-16(4)27-25-28(22(21)17-9-11-19(12-10-17)32-15(2)3)23(29)20(33-25)14-18-8-6-7-13-26-18/h6-15,22H,5H2,1-4H3/b20-14-. The monoisotopic (exact) mass is 463 g/mol. The maximum Gasteiger partial charge on any atom is 0.338 e. The number of allylic oxidation sites excluding steroid dienone is 1. The quantitative estimate of drug-likeness (QED) is 0.525. The van der Waals surface area contributed by atoms with Gasteiger partial charge in [-0.1, -0.05) is 29.5 Å². The number of pyridine rings is 1. The van der Waals surface area contributed by atoms with Crippen molar-refractivity contribution in [2.45, 2.75) is 39.8 Å². The molecule has 0 amide bonds. The van der Waals surface area contributed by atoms with Gasteiger partial charge in [0.25, 0.3) is 5.56 Å². The summed E-state index contributed by atoms with van der Waals surface area (Å²) in [7, 11) is 0. The van der Waals surface area contributed by atoms with E-state index < -0.39 is 12.0 Å². The van der Waals surface area contributed by atoms with Crippen molar-refractivity contribution in [1.29, 1.82) is 0 Å². The number of esters is 1. The third-order valence-corrected chi connectivity index (χ3v) is 6.03. The number of carbonyl (C=O) groups is 1. The molecular weight excluding hydrogens is 438 g/mol. The molecule has 0 saturated carbocycles. The molecule has 3 heterocycles. The molecule has 0 aliphatic carbocycles. The van der Waals surface area contributed by atoms with E-state index in [9.17, 15) is 9.59 Å². The molecular formula is C25H25N3O4S. The van der Waals surface area contributed by atoms with Crippen LogP contribution < -0.4 is 19.6 Å². The van der Waals surface area contributed by atoms with Crippen molar-refractivity contribution in [3.8, 4) is 5.75 Å². The second-order valence-electron chi connectivity index (χ2n) is 7.79. The van der Waals surface area contributed by atoms with E-state index in [-0.39, 0.29) is 18.3 Å². The molecule has 1 aliphatic heterocycles. The van der Waals surface area contributed by atoms with Crippen LogP contribution in [0.1, 0.15) is 45.0 Å². The first-order valence-corrected chi connectivity index (χ1v) is 11.6. The first-order valence-electron chi connectivity index (χ1n) is 10.8. The molecule has 7 nitrogen and oxygen atoms in total. The largest absolute Gasteiger partial charge is 0.491 e. The van der Waals surface area contributed by atoms with Gasteiger partial charge < -0.3 is 9.47 Å². The molecule has 0 fully saturated rings. The van der Waals surface area contributed by atoms with Crippen LogP contribution in [0.15, 0.2) is 69.7 Å². The number of rotatable bonds is 6. The van der Waals surface area contributed by atoms with E-state index in [0.717, 1.165) is 11.3 Å². The van der Waals surface area contributed by atoms with Crippen LogP contribution in [0.5, 0.6) is 5.75 Å². The van der Waals surface area contributed by atoms with Crippen LogP contribution in [-0.4, -0.2) is 28.2 Å². The van der Waals surface area contributed by atoms with Crippen molar-refractivity contribution in [3.63, 3.8) is 0 Å². The summed E-state index contributed by atoms with van der Waals surface area (Å²) in [6, 6.07) is 12.3. The lowest BCUT2D eigenvalue weighted by molar-refractivity contribution is -0.139. The number of aromatic nitrogens is 2. The molecule has 0 N–H and O–H groups in total. The summed E-state index contributed by atoms with van der Waals surface area (Å²) in [4.78, 5) is 35.8. The molecule has 3 aromatic rings. The minimum Gasteiger partial charge on any atom is -0.491 e. The predicted octanol–water partition coefficient (Wildman–Crippen LogP) is 2.98. The number of fused-ring (bicyclic) bond motifs is 1. The zero-order valence-electron chi connectivity index (χ0n) is 18.9. The van der Waals surface area contributed by atoms with Crippen LogP contribution in [0.3, 0.4) is 0 Å². The summed E-state index contributed by atoms with van der Waals surface area (Å²) in [5, 5.41) is 0. The molecule has 170 valence electrons. The van der Waals surface area contributed by atoms with Crippen molar-refractivity contribution in [2.75, 3.05) is 6.61 Å². The zero-order chi connectivity index (χ0) is 23.5. The molecule has 4 rings (SSSR count). The molecule has 1 atom stereocenters. The number of hydrogen-bond donors (Lipinski definition) is 0. The molecule has 1 aromatic carbocycles. The van der Waals surface area contributed by atoms with Gasteiger partial charge in [-0.05, 0) is 63.6 Å². The topological polar surface area (TPSA) is 82.8 Å². The Bertz CT molecular complexity index is 1370. The van der Waals surface area contributed by atoms with Gasteiger partial charge in [0.15, 0.2) is 4.80 Å². The predicted molar refractivity (Wildman–Crippen MR) is 127 cm³/mol. The fourth-order valence-corrected chi connectivity index (χ4v) is 4.73. The molecule has 1 aliphatic rings. The van der Waals surface area contributed by atoms with Gasteiger partial charge in [-0.25, -0.2) is 9.79 Å². The van der Waals surface area contributed by atoms with E-state index >= 15 is 0 Å². The van der Waals surface area contributed by atoms with E-state index in [1.807, 2.05) is 56.3 Å². The fraction of sp³-hybridized carbons (Fsp3) is 0.280. The summed E-state index contributed by atoms with van der Waals surface area (Å²) in [6.07, 6.45) is 3.46. The number of benzene rings is 1. The molecule has 33 heavy (non-hydrogen) atoms. The van der Waals surface area contributed by atoms with E-state index in [2.05, 4.69) is 9.98 Å². The molecule has 0 saturated heterocycles. The molecule has 0 radical (unpaired) electrons. The highest BCUT2D eigenvalue weighted by molar-refractivity contribution is 7.07. The van der Waals surface area contributed by atoms with Crippen LogP contribution in [-0.2, 0) is 9.53 Å². The Balaban J connectivity index is 1.90. The smallest absolute Gasteiger partial charge is 0.338 e. The lowest BCUT2D eigenvalue weighted by atomic mass is 9.96. The summed E-state index contributed by atoms with van der Waals surface area (Å²) < 4.78 is 13.1. The van der Waals surface area contributed by atoms with Crippen LogP contribution >= 0.6 is 11.3 Å². The maximum atomic E-state index is 13.5. The summed E-state index contributed by atoms with van der Waals surface area (Å²) in [5.41, 5.74) is 2.11. The van der Waals surface area contributed by atoms with Gasteiger partial charge in [-0.15, -0.1) is 0 Å². The third kappa shape index (κ3) is 4.66. The van der Waals surface area contributed by atoms with Crippen molar-refractivity contribution in [2.24, 2.45) is 4.99 Å². The van der Waals surface area contributed by atoms with Gasteiger partial charge in [0.05, 0.1) is 40.2 Å². The first kappa shape index (κ1) is 22.7. The Kier molecular flexibility index (Phi) is 6.55. The minimum absolute atomic E-state index is 0.0392. The Morgan fingerprint density at radius 2 is 1.97 bits per heavy atom. The van der Waals surface area contributed by atoms with E-state index in [4.69, 9.17) is 9.47 Å². The van der Waals surface area contributed by atoms with Gasteiger partial charge in [-0.2, -0.15) is 0 Å². The van der Waals surface area contributed by atoms with Crippen LogP contribution in [0.2, 0.25) is 0 Å². The molecule has 2 aromatic heterocycles. The van der Waals surface area contributed by atoms with Gasteiger partial charge in [0.2, 0.25) is 0 Å². The summed E-state index contributed by atoms with van der Waals surface area (Å²) >= 11 is 1.27. The summed E-state index contributed by atoms with van der Waals surface area (Å²) in [6.45, 7) is 7.67. The third-order valence-electron chi connectivity index (χ3n) is 5.05. The summed E-state index contributed by atoms with van der Waals surface area (Å²) in [5.74, 6) is 0.236. The van der Waals surface area contributed by atoms with Crippen LogP contribution in [0.4, 0.5) is 0 Å². The SMILES string of the molecule is CCOC(=O)C1=C(C)N=c2s/c(=C\c3ccccn3)c(=O)n2C1c1ccc(OC(C)C)cc1.